The van der Waals surface area contributed by atoms with E-state index in [1.54, 1.807) is 29.6 Å². The number of aliphatic hydroxyl groups is 2. The molecule has 2 saturated heterocycles. The molecule has 0 bridgehead atoms. The highest BCUT2D eigenvalue weighted by atomic mass is 127. The third kappa shape index (κ3) is 16.0. The second kappa shape index (κ2) is 28.3. The molecule has 2 aliphatic carbocycles. The number of aliphatic hydroxyl groups excluding tert-OH is 2. The van der Waals surface area contributed by atoms with E-state index in [2.05, 4.69) is 86.3 Å². The maximum absolute atomic E-state index is 13.7. The van der Waals surface area contributed by atoms with Crippen LogP contribution in [-0.4, -0.2) is 104 Å². The van der Waals surface area contributed by atoms with Crippen LogP contribution in [0.1, 0.15) is 142 Å². The van der Waals surface area contributed by atoms with Crippen LogP contribution < -0.4 is 5.32 Å². The van der Waals surface area contributed by atoms with E-state index in [4.69, 9.17) is 45.0 Å². The number of rotatable bonds is 11. The van der Waals surface area contributed by atoms with Gasteiger partial charge in [-0.1, -0.05) is 67.0 Å². The molecule has 388 valence electrons. The fourth-order valence-electron chi connectivity index (χ4n) is 7.30. The van der Waals surface area contributed by atoms with Crippen molar-refractivity contribution in [1.82, 2.24) is 24.6 Å². The number of methoxy groups -OCH3 is 1. The lowest BCUT2D eigenvalue weighted by molar-refractivity contribution is 0.00578. The van der Waals surface area contributed by atoms with Crippen LogP contribution in [0.5, 0.6) is 0 Å². The van der Waals surface area contributed by atoms with Gasteiger partial charge in [-0.05, 0) is 150 Å². The van der Waals surface area contributed by atoms with Crippen molar-refractivity contribution in [2.24, 2.45) is 0 Å². The molecule has 3 N–H and O–H groups in total. The summed E-state index contributed by atoms with van der Waals surface area (Å²) in [4.78, 5) is 13.3. The van der Waals surface area contributed by atoms with E-state index in [0.29, 0.717) is 42.4 Å². The summed E-state index contributed by atoms with van der Waals surface area (Å²) in [6, 6.07) is 10.3. The van der Waals surface area contributed by atoms with E-state index < -0.39 is 5.82 Å². The van der Waals surface area contributed by atoms with Crippen molar-refractivity contribution in [1.29, 1.82) is 0 Å². The van der Waals surface area contributed by atoms with Crippen molar-refractivity contribution in [2.75, 3.05) is 32.2 Å². The molecule has 0 amide bonds. The minimum absolute atomic E-state index is 0. The molecule has 8 rings (SSSR count). The number of halogens is 2. The molecular formula is C53H84B2FIN6O7. The fourth-order valence-corrected chi connectivity index (χ4v) is 7.77. The Labute approximate surface area is 435 Å². The molecule has 13 nitrogen and oxygen atoms in total. The van der Waals surface area contributed by atoms with Gasteiger partial charge in [0.25, 0.3) is 0 Å². The van der Waals surface area contributed by atoms with E-state index in [1.807, 2.05) is 55.4 Å². The number of fused-ring (bicyclic) bond motifs is 3. The van der Waals surface area contributed by atoms with Gasteiger partial charge in [-0.3, -0.25) is 4.98 Å². The molecule has 5 heterocycles. The normalized spacial score (nSPS) is 18.0. The number of aromatic nitrogens is 5. The smallest absolute Gasteiger partial charge is 0.400 e. The summed E-state index contributed by atoms with van der Waals surface area (Å²) in [5, 5.41) is 24.8. The second-order valence-electron chi connectivity index (χ2n) is 18.4. The highest BCUT2D eigenvalue weighted by molar-refractivity contribution is 14.1. The Morgan fingerprint density at radius 3 is 1.97 bits per heavy atom. The second-order valence-corrected chi connectivity index (χ2v) is 19.5. The lowest BCUT2D eigenvalue weighted by Gasteiger charge is -2.32. The zero-order chi connectivity index (χ0) is 47.7. The van der Waals surface area contributed by atoms with Crippen LogP contribution in [0.3, 0.4) is 0 Å². The molecule has 4 aromatic rings. The monoisotopic (exact) mass is 1080 g/mol. The largest absolute Gasteiger partial charge is 0.490 e. The van der Waals surface area contributed by atoms with Crippen LogP contribution in [0, 0.1) is 21.7 Å². The van der Waals surface area contributed by atoms with E-state index in [1.165, 1.54) is 29.0 Å². The van der Waals surface area contributed by atoms with Crippen LogP contribution >= 0.6 is 22.6 Å². The number of allylic oxidation sites excluding steroid dienone is 1. The van der Waals surface area contributed by atoms with Gasteiger partial charge in [-0.25, -0.2) is 9.37 Å². The summed E-state index contributed by atoms with van der Waals surface area (Å²) in [6.07, 6.45) is 15.2. The summed E-state index contributed by atoms with van der Waals surface area (Å²) in [5.41, 5.74) is 7.61. The summed E-state index contributed by atoms with van der Waals surface area (Å²) in [7, 11) is 0.995. The molecule has 0 spiro atoms. The topological polar surface area (TPSA) is 155 Å². The van der Waals surface area contributed by atoms with Crippen LogP contribution in [0.25, 0.3) is 22.6 Å². The predicted molar refractivity (Wildman–Crippen MR) is 298 cm³/mol. The first-order valence-corrected chi connectivity index (χ1v) is 23.0. The van der Waals surface area contributed by atoms with Crippen LogP contribution in [0.4, 0.5) is 10.3 Å². The number of nitrogens with one attached hydrogen (secondary N) is 1. The van der Waals surface area contributed by atoms with E-state index in [0.717, 1.165) is 46.6 Å². The number of ether oxygens (including phenoxy) is 1. The number of hydrogen-bond acceptors (Lipinski definition) is 12. The molecule has 1 atom stereocenters. The highest BCUT2D eigenvalue weighted by Crippen LogP contribution is 2.43. The van der Waals surface area contributed by atoms with E-state index in [-0.39, 0.29) is 93.0 Å². The number of pyridine rings is 1. The van der Waals surface area contributed by atoms with Crippen molar-refractivity contribution in [3.8, 4) is 23.7 Å². The van der Waals surface area contributed by atoms with Crippen LogP contribution in [0.15, 0.2) is 78.6 Å². The number of hydrogen-bond donors (Lipinski definition) is 3. The van der Waals surface area contributed by atoms with Gasteiger partial charge in [-0.2, -0.15) is 14.6 Å². The van der Waals surface area contributed by atoms with E-state index >= 15 is 0 Å². The van der Waals surface area contributed by atoms with Crippen molar-refractivity contribution < 1.29 is 38.0 Å². The minimum atomic E-state index is -0.412. The molecular weight excluding hydrogens is 1000 g/mol. The number of terminal acetylenes is 1. The SMILES string of the molecule is C.C.C.C.C.C#CCCO.C=C(CCO)B1OC(C)(C)C(C)(C)O1.C=C(CCOC)B1OC(C)(C)C(C)(C)O1.Fc1cncc(-c2nc(N[C@@H]3CCC4=C(C3)c3ccccc3C4)n3ncc(I)c3n2)c1. The van der Waals surface area contributed by atoms with Gasteiger partial charge in [0.05, 0.1) is 45.0 Å². The average molecular weight is 1080 g/mol. The Balaban J connectivity index is 0.00000104. The number of nitrogens with zero attached hydrogens (tertiary/aromatic N) is 5. The van der Waals surface area contributed by atoms with Gasteiger partial charge in [0.2, 0.25) is 5.95 Å². The Morgan fingerprint density at radius 1 is 0.886 bits per heavy atom. The van der Waals surface area contributed by atoms with Crippen molar-refractivity contribution in [3.05, 3.63) is 99.1 Å². The number of benzene rings is 1. The Kier molecular flexibility index (Phi) is 26.7. The first kappa shape index (κ1) is 66.0. The first-order valence-electron chi connectivity index (χ1n) is 22.0. The summed E-state index contributed by atoms with van der Waals surface area (Å²) in [6.45, 7) is 24.8. The lowest BCUT2D eigenvalue weighted by Crippen LogP contribution is -2.41. The molecule has 70 heavy (non-hydrogen) atoms. The average Bonchev–Trinajstić information content (AvgIpc) is 3.95. The zero-order valence-electron chi connectivity index (χ0n) is 39.3. The van der Waals surface area contributed by atoms with Gasteiger partial charge in [0, 0.05) is 44.5 Å². The summed E-state index contributed by atoms with van der Waals surface area (Å²) in [5.74, 6) is 2.91. The quantitative estimate of drug-likeness (QED) is 0.0744. The van der Waals surface area contributed by atoms with E-state index in [9.17, 15) is 4.39 Å². The lowest BCUT2D eigenvalue weighted by atomic mass is 9.77. The molecule has 0 radical (unpaired) electrons. The van der Waals surface area contributed by atoms with Crippen LogP contribution in [0.2, 0.25) is 0 Å². The summed E-state index contributed by atoms with van der Waals surface area (Å²) < 4.78 is 44.6. The van der Waals surface area contributed by atoms with Crippen molar-refractivity contribution in [3.63, 3.8) is 0 Å². The molecule has 2 fully saturated rings. The van der Waals surface area contributed by atoms with Gasteiger partial charge in [0.1, 0.15) is 5.82 Å². The number of anilines is 1. The third-order valence-electron chi connectivity index (χ3n) is 12.5. The van der Waals surface area contributed by atoms with Crippen LogP contribution in [-0.2, 0) is 29.8 Å². The standard InChI is InChI=1S/C23H18FIN6.C11H21BO3.C10H19BO3.C4H6O.5CH4/c24-16-8-15(10-26-11-16)21-29-22-20(25)12-27-31(22)23(30-21)28-17-6-5-14-7-13-3-1-2-4-18(13)19(14)9-17;1-9(7-8-13-6)12-14-10(2,3)11(4,5)15-12;1-8(6-7-12)11-13-9(2,3)10(4,5)14-11;1-2-3-4-5;;;;;/h1-4,8,10-12,17H,5-7,9H2,(H,28,29,30);1,7-8H2,2-6H3;12H,1,6-7H2,2-5H3;1,5H,3-4H2;5*1H4/t17-;;;;;;;;/m1......../s1. The zero-order valence-corrected chi connectivity index (χ0v) is 41.5. The molecule has 1 aromatic carbocycles. The highest BCUT2D eigenvalue weighted by Gasteiger charge is 2.52. The molecule has 0 unspecified atom stereocenters. The third-order valence-corrected chi connectivity index (χ3v) is 13.3. The van der Waals surface area contributed by atoms with Gasteiger partial charge in [0.15, 0.2) is 11.5 Å². The van der Waals surface area contributed by atoms with Gasteiger partial charge < -0.3 is 38.9 Å². The van der Waals surface area contributed by atoms with Crippen molar-refractivity contribution >= 4 is 54.0 Å². The minimum Gasteiger partial charge on any atom is -0.400 e. The maximum atomic E-state index is 13.7. The summed E-state index contributed by atoms with van der Waals surface area (Å²) >= 11 is 2.21. The molecule has 17 heteroatoms. The molecule has 2 aliphatic heterocycles. The maximum Gasteiger partial charge on any atom is 0.490 e. The van der Waals surface area contributed by atoms with Crippen molar-refractivity contribution in [2.45, 2.75) is 166 Å². The Morgan fingerprint density at radius 2 is 1.46 bits per heavy atom. The van der Waals surface area contributed by atoms with Gasteiger partial charge in [-0.15, -0.1) is 25.5 Å². The van der Waals surface area contributed by atoms with Gasteiger partial charge >= 0.3 is 14.2 Å². The molecule has 3 aromatic heterocycles. The first-order chi connectivity index (χ1) is 30.7. The molecule has 0 saturated carbocycles. The Hall–Kier alpha value is -3.99. The Bertz CT molecular complexity index is 2350. The molecule has 4 aliphatic rings. The predicted octanol–water partition coefficient (Wildman–Crippen LogP) is 11.9. The fraction of sp³-hybridized carbons (Fsp3) is 0.547.